The first kappa shape index (κ1) is 25.7. The van der Waals surface area contributed by atoms with E-state index in [9.17, 15) is 9.59 Å². The van der Waals surface area contributed by atoms with E-state index in [-0.39, 0.29) is 23.1 Å². The zero-order valence-corrected chi connectivity index (χ0v) is 22.6. The van der Waals surface area contributed by atoms with Crippen LogP contribution in [0.5, 0.6) is 0 Å². The lowest BCUT2D eigenvalue weighted by Crippen LogP contribution is -2.15. The topological polar surface area (TPSA) is 123 Å². The fourth-order valence-electron chi connectivity index (χ4n) is 5.04. The van der Waals surface area contributed by atoms with Crippen molar-refractivity contribution in [3.8, 4) is 22.6 Å². The summed E-state index contributed by atoms with van der Waals surface area (Å²) in [6.07, 6.45) is 13.0. The molecule has 0 atom stereocenters. The smallest absolute Gasteiger partial charge is 0.255 e. The molecule has 2 N–H and O–H groups in total. The lowest BCUT2D eigenvalue weighted by Gasteiger charge is -2.14. The second-order valence-electron chi connectivity index (χ2n) is 10.7. The van der Waals surface area contributed by atoms with E-state index in [4.69, 9.17) is 4.98 Å². The van der Waals surface area contributed by atoms with E-state index in [1.165, 1.54) is 0 Å². The molecule has 0 saturated heterocycles. The van der Waals surface area contributed by atoms with Gasteiger partial charge < -0.3 is 10.6 Å². The van der Waals surface area contributed by atoms with Gasteiger partial charge in [-0.3, -0.25) is 19.6 Å². The van der Waals surface area contributed by atoms with E-state index in [1.807, 2.05) is 37.3 Å². The molecule has 2 aliphatic rings. The number of hydrogen-bond acceptors (Lipinski definition) is 7. The monoisotopic (exact) mass is 533 g/mol. The number of nitrogens with zero attached hydrogens (tertiary/aromatic N) is 5. The lowest BCUT2D eigenvalue weighted by molar-refractivity contribution is -0.117. The van der Waals surface area contributed by atoms with E-state index in [0.29, 0.717) is 34.2 Å². The van der Waals surface area contributed by atoms with E-state index < -0.39 is 0 Å². The summed E-state index contributed by atoms with van der Waals surface area (Å²) < 4.78 is 0. The van der Waals surface area contributed by atoms with Gasteiger partial charge in [-0.2, -0.15) is 0 Å². The predicted molar refractivity (Wildman–Crippen MR) is 153 cm³/mol. The average Bonchev–Trinajstić information content (AvgIpc) is 3.90. The van der Waals surface area contributed by atoms with Crippen molar-refractivity contribution in [1.29, 1.82) is 0 Å². The Labute approximate surface area is 232 Å². The Morgan fingerprint density at radius 3 is 2.52 bits per heavy atom. The Bertz CT molecular complexity index is 1590. The van der Waals surface area contributed by atoms with Gasteiger partial charge in [0.05, 0.1) is 17.6 Å². The summed E-state index contributed by atoms with van der Waals surface area (Å²) in [6, 6.07) is 11.0. The summed E-state index contributed by atoms with van der Waals surface area (Å²) in [6.45, 7) is 4.06. The van der Waals surface area contributed by atoms with Gasteiger partial charge in [0.25, 0.3) is 5.91 Å². The van der Waals surface area contributed by atoms with E-state index in [0.717, 1.165) is 55.5 Å². The number of aryl methyl sites for hydroxylation is 1. The molecule has 2 amide bonds. The van der Waals surface area contributed by atoms with Crippen molar-refractivity contribution >= 4 is 23.3 Å². The molecule has 9 heteroatoms. The average molecular weight is 534 g/mol. The fourth-order valence-corrected chi connectivity index (χ4v) is 5.04. The number of anilines is 2. The van der Waals surface area contributed by atoms with Crippen LogP contribution in [0, 0.1) is 12.8 Å². The summed E-state index contributed by atoms with van der Waals surface area (Å²) >= 11 is 0. The van der Waals surface area contributed by atoms with Gasteiger partial charge in [-0.05, 0) is 75.4 Å². The normalized spacial score (nSPS) is 15.3. The minimum atomic E-state index is -0.209. The Morgan fingerprint density at radius 2 is 1.75 bits per heavy atom. The molecule has 9 nitrogen and oxygen atoms in total. The Morgan fingerprint density at radius 1 is 0.950 bits per heavy atom. The standard InChI is InChI=1S/C31H31N7O2/c1-3-9-31(10-11-31)26-15-22(7-12-32-26)30(40)36-23-17-24(19(2)35-18-23)28-34-14-8-25(37-28)21-6-13-33-27(16-21)38-29(39)20-4-5-20/h6-8,12-18,20H,3-5,9-11H2,1-2H3,(H,36,40)(H,33,38,39). The van der Waals surface area contributed by atoms with Gasteiger partial charge in [0, 0.05) is 58.0 Å². The highest BCUT2D eigenvalue weighted by molar-refractivity contribution is 6.04. The summed E-state index contributed by atoms with van der Waals surface area (Å²) in [7, 11) is 0. The van der Waals surface area contributed by atoms with Crippen LogP contribution >= 0.6 is 0 Å². The van der Waals surface area contributed by atoms with E-state index in [2.05, 4.69) is 37.5 Å². The summed E-state index contributed by atoms with van der Waals surface area (Å²) in [4.78, 5) is 47.9. The number of nitrogens with one attached hydrogen (secondary N) is 2. The zero-order chi connectivity index (χ0) is 27.7. The number of carbonyl (C=O) groups excluding carboxylic acids is 2. The second-order valence-corrected chi connectivity index (χ2v) is 10.7. The molecule has 4 aromatic heterocycles. The zero-order valence-electron chi connectivity index (χ0n) is 22.6. The second kappa shape index (κ2) is 10.6. The maximum absolute atomic E-state index is 13.2. The van der Waals surface area contributed by atoms with Gasteiger partial charge in [0.15, 0.2) is 5.82 Å². The molecule has 4 heterocycles. The van der Waals surface area contributed by atoms with Crippen LogP contribution in [0.4, 0.5) is 11.5 Å². The van der Waals surface area contributed by atoms with Crippen LogP contribution in [0.3, 0.4) is 0 Å². The quantitative estimate of drug-likeness (QED) is 0.281. The van der Waals surface area contributed by atoms with Crippen LogP contribution in [0.1, 0.15) is 67.2 Å². The van der Waals surface area contributed by atoms with Gasteiger partial charge in [0.1, 0.15) is 5.82 Å². The van der Waals surface area contributed by atoms with E-state index in [1.54, 1.807) is 30.9 Å². The van der Waals surface area contributed by atoms with Crippen molar-refractivity contribution in [3.63, 3.8) is 0 Å². The first-order valence-corrected chi connectivity index (χ1v) is 13.8. The number of rotatable bonds is 9. The third-order valence-corrected chi connectivity index (χ3v) is 7.64. The van der Waals surface area contributed by atoms with Gasteiger partial charge in [-0.25, -0.2) is 15.0 Å². The molecule has 4 aromatic rings. The fraction of sp³-hybridized carbons (Fsp3) is 0.323. The maximum Gasteiger partial charge on any atom is 0.255 e. The minimum absolute atomic E-state index is 0.00424. The SMILES string of the molecule is CCCC1(c2cc(C(=O)Nc3cnc(C)c(-c4nccc(-c5ccnc(NC(=O)C6CC6)c5)n4)c3)ccn2)CC1. The highest BCUT2D eigenvalue weighted by Gasteiger charge is 2.44. The van der Waals surface area contributed by atoms with Crippen LogP contribution in [-0.2, 0) is 10.2 Å². The Hall–Kier alpha value is -4.53. The molecule has 0 aliphatic heterocycles. The van der Waals surface area contributed by atoms with Gasteiger partial charge >= 0.3 is 0 Å². The summed E-state index contributed by atoms with van der Waals surface area (Å²) in [5, 5.41) is 5.86. The van der Waals surface area contributed by atoms with Crippen LogP contribution in [0.2, 0.25) is 0 Å². The van der Waals surface area contributed by atoms with Gasteiger partial charge in [0.2, 0.25) is 5.91 Å². The van der Waals surface area contributed by atoms with Crippen molar-refractivity contribution in [2.24, 2.45) is 5.92 Å². The van der Waals surface area contributed by atoms with Gasteiger partial charge in [-0.1, -0.05) is 13.3 Å². The number of amides is 2. The first-order chi connectivity index (χ1) is 19.4. The molecule has 0 bridgehead atoms. The molecule has 0 unspecified atom stereocenters. The van der Waals surface area contributed by atoms with Crippen molar-refractivity contribution in [1.82, 2.24) is 24.9 Å². The van der Waals surface area contributed by atoms with E-state index >= 15 is 0 Å². The molecular weight excluding hydrogens is 502 g/mol. The minimum Gasteiger partial charge on any atom is -0.321 e. The number of pyridine rings is 3. The van der Waals surface area contributed by atoms with Gasteiger partial charge in [-0.15, -0.1) is 0 Å². The lowest BCUT2D eigenvalue weighted by atomic mass is 9.95. The van der Waals surface area contributed by atoms with Crippen molar-refractivity contribution in [2.75, 3.05) is 10.6 Å². The Balaban J connectivity index is 1.22. The molecule has 2 aliphatic carbocycles. The number of carbonyl (C=O) groups is 2. The molecule has 0 spiro atoms. The third kappa shape index (κ3) is 5.45. The molecule has 0 radical (unpaired) electrons. The highest BCUT2D eigenvalue weighted by Crippen LogP contribution is 2.51. The molecule has 40 heavy (non-hydrogen) atoms. The molecule has 202 valence electrons. The molecular formula is C31H31N7O2. The Kier molecular flexibility index (Phi) is 6.79. The maximum atomic E-state index is 13.2. The van der Waals surface area contributed by atoms with Crippen molar-refractivity contribution < 1.29 is 9.59 Å². The molecule has 2 fully saturated rings. The number of hydrogen-bond donors (Lipinski definition) is 2. The molecule has 0 aromatic carbocycles. The summed E-state index contributed by atoms with van der Waals surface area (Å²) in [5.41, 5.74) is 5.22. The van der Waals surface area contributed by atoms with Crippen LogP contribution < -0.4 is 10.6 Å². The van der Waals surface area contributed by atoms with Crippen molar-refractivity contribution in [3.05, 3.63) is 78.1 Å². The molecule has 6 rings (SSSR count). The molecule has 2 saturated carbocycles. The van der Waals surface area contributed by atoms with Crippen molar-refractivity contribution in [2.45, 2.75) is 57.8 Å². The first-order valence-electron chi connectivity index (χ1n) is 13.8. The largest absolute Gasteiger partial charge is 0.321 e. The number of aromatic nitrogens is 5. The summed E-state index contributed by atoms with van der Waals surface area (Å²) in [5.74, 6) is 0.874. The van der Waals surface area contributed by atoms with Crippen LogP contribution in [0.25, 0.3) is 22.6 Å². The predicted octanol–water partition coefficient (Wildman–Crippen LogP) is 5.74. The van der Waals surface area contributed by atoms with Crippen LogP contribution in [0.15, 0.2) is 61.2 Å². The highest BCUT2D eigenvalue weighted by atomic mass is 16.2. The third-order valence-electron chi connectivity index (χ3n) is 7.64. The van der Waals surface area contributed by atoms with Crippen LogP contribution in [-0.4, -0.2) is 36.7 Å².